The van der Waals surface area contributed by atoms with Crippen molar-refractivity contribution in [2.24, 2.45) is 0 Å². The van der Waals surface area contributed by atoms with E-state index in [0.29, 0.717) is 12.2 Å². The van der Waals surface area contributed by atoms with Crippen LogP contribution in [0, 0.1) is 0 Å². The number of aryl methyl sites for hydroxylation is 1. The van der Waals surface area contributed by atoms with Crippen molar-refractivity contribution in [3.8, 4) is 0 Å². The number of halogens is 3. The summed E-state index contributed by atoms with van der Waals surface area (Å²) in [6.07, 6.45) is 0.619. The number of aromatic amines is 1. The number of alkyl halides is 3. The van der Waals surface area contributed by atoms with Crippen LogP contribution < -0.4 is 11.1 Å². The summed E-state index contributed by atoms with van der Waals surface area (Å²) in [5.41, 5.74) is 5.48. The number of nitrogens with one attached hydrogen (secondary N) is 2. The van der Waals surface area contributed by atoms with Crippen molar-refractivity contribution in [1.82, 2.24) is 9.97 Å². The SMILES string of the molecule is Nc1cc(C(F)(F)F)ccc1NCCCc1ncc[nH]1. The van der Waals surface area contributed by atoms with Gasteiger partial charge in [0.2, 0.25) is 0 Å². The Morgan fingerprint density at radius 1 is 1.30 bits per heavy atom. The molecule has 0 fully saturated rings. The number of benzene rings is 1. The molecule has 0 radical (unpaired) electrons. The second-order valence-electron chi connectivity index (χ2n) is 4.37. The van der Waals surface area contributed by atoms with Crippen LogP contribution in [-0.2, 0) is 12.6 Å². The normalized spacial score (nSPS) is 11.6. The van der Waals surface area contributed by atoms with E-state index in [1.54, 1.807) is 12.4 Å². The Bertz CT molecular complexity index is 549. The molecule has 2 rings (SSSR count). The molecule has 0 saturated heterocycles. The van der Waals surface area contributed by atoms with E-state index in [1.165, 1.54) is 6.07 Å². The van der Waals surface area contributed by atoms with Gasteiger partial charge < -0.3 is 16.0 Å². The van der Waals surface area contributed by atoms with Gasteiger partial charge in [0.1, 0.15) is 5.82 Å². The maximum Gasteiger partial charge on any atom is 0.416 e. The molecule has 1 aromatic carbocycles. The van der Waals surface area contributed by atoms with Crippen LogP contribution in [0.5, 0.6) is 0 Å². The summed E-state index contributed by atoms with van der Waals surface area (Å²) in [7, 11) is 0. The molecule has 2 aromatic rings. The molecule has 1 aromatic heterocycles. The fourth-order valence-electron chi connectivity index (χ4n) is 1.81. The highest BCUT2D eigenvalue weighted by Gasteiger charge is 2.30. The number of H-pyrrole nitrogens is 1. The Kier molecular flexibility index (Phi) is 4.16. The molecule has 4 N–H and O–H groups in total. The van der Waals surface area contributed by atoms with Crippen LogP contribution in [0.15, 0.2) is 30.6 Å². The maximum atomic E-state index is 12.5. The number of imidazole rings is 1. The molecule has 0 aliphatic carbocycles. The first kappa shape index (κ1) is 14.2. The molecule has 0 bridgehead atoms. The highest BCUT2D eigenvalue weighted by Crippen LogP contribution is 2.32. The van der Waals surface area contributed by atoms with Gasteiger partial charge in [-0.05, 0) is 24.6 Å². The lowest BCUT2D eigenvalue weighted by Gasteiger charge is -2.12. The maximum absolute atomic E-state index is 12.5. The van der Waals surface area contributed by atoms with Crippen LogP contribution in [0.4, 0.5) is 24.5 Å². The molecule has 0 aliphatic rings. The van der Waals surface area contributed by atoms with Crippen molar-refractivity contribution >= 4 is 11.4 Å². The van der Waals surface area contributed by atoms with Crippen LogP contribution in [0.1, 0.15) is 17.8 Å². The van der Waals surface area contributed by atoms with Gasteiger partial charge in [-0.1, -0.05) is 0 Å². The fourth-order valence-corrected chi connectivity index (χ4v) is 1.81. The van der Waals surface area contributed by atoms with E-state index in [1.807, 2.05) is 0 Å². The number of nitrogens with two attached hydrogens (primary N) is 1. The lowest BCUT2D eigenvalue weighted by atomic mass is 10.1. The first-order chi connectivity index (χ1) is 9.47. The van der Waals surface area contributed by atoms with Gasteiger partial charge in [-0.25, -0.2) is 4.98 Å². The van der Waals surface area contributed by atoms with Crippen molar-refractivity contribution < 1.29 is 13.2 Å². The zero-order chi connectivity index (χ0) is 14.6. The molecule has 0 spiro atoms. The molecule has 0 saturated carbocycles. The summed E-state index contributed by atoms with van der Waals surface area (Å²) < 4.78 is 37.4. The molecule has 7 heteroatoms. The standard InChI is InChI=1S/C13H15F3N4/c14-13(15,16)9-3-4-11(10(17)8-9)18-5-1-2-12-19-6-7-20-12/h3-4,6-8,18H,1-2,5,17H2,(H,19,20). The minimum Gasteiger partial charge on any atom is -0.397 e. The average Bonchev–Trinajstić information content (AvgIpc) is 2.88. The summed E-state index contributed by atoms with van der Waals surface area (Å²) in [4.78, 5) is 7.07. The molecule has 20 heavy (non-hydrogen) atoms. The second-order valence-corrected chi connectivity index (χ2v) is 4.37. The Balaban J connectivity index is 1.87. The number of anilines is 2. The van der Waals surface area contributed by atoms with E-state index >= 15 is 0 Å². The van der Waals surface area contributed by atoms with E-state index in [-0.39, 0.29) is 5.69 Å². The average molecular weight is 284 g/mol. The minimum absolute atomic E-state index is 0.0952. The van der Waals surface area contributed by atoms with Gasteiger partial charge in [0, 0.05) is 25.4 Å². The molecule has 1 heterocycles. The van der Waals surface area contributed by atoms with E-state index in [0.717, 1.165) is 30.8 Å². The fraction of sp³-hybridized carbons (Fsp3) is 0.308. The van der Waals surface area contributed by atoms with E-state index in [9.17, 15) is 13.2 Å². The van der Waals surface area contributed by atoms with Gasteiger partial charge in [0.25, 0.3) is 0 Å². The quantitative estimate of drug-likeness (QED) is 0.584. The molecule has 108 valence electrons. The summed E-state index contributed by atoms with van der Waals surface area (Å²) in [5, 5.41) is 3.02. The predicted molar refractivity (Wildman–Crippen MR) is 71.3 cm³/mol. The lowest BCUT2D eigenvalue weighted by Crippen LogP contribution is -2.09. The zero-order valence-electron chi connectivity index (χ0n) is 10.7. The van der Waals surface area contributed by atoms with Gasteiger partial charge in [-0.15, -0.1) is 0 Å². The van der Waals surface area contributed by atoms with E-state index in [2.05, 4.69) is 15.3 Å². The zero-order valence-corrected chi connectivity index (χ0v) is 10.7. The molecule has 0 atom stereocenters. The summed E-state index contributed by atoms with van der Waals surface area (Å²) in [6.45, 7) is 0.607. The lowest BCUT2D eigenvalue weighted by molar-refractivity contribution is -0.137. The van der Waals surface area contributed by atoms with Gasteiger partial charge in [-0.3, -0.25) is 0 Å². The third kappa shape index (κ3) is 3.66. The number of rotatable bonds is 5. The monoisotopic (exact) mass is 284 g/mol. The summed E-state index contributed by atoms with van der Waals surface area (Å²) in [6, 6.07) is 3.31. The second kappa shape index (κ2) is 5.85. The van der Waals surface area contributed by atoms with Crippen LogP contribution in [-0.4, -0.2) is 16.5 Å². The van der Waals surface area contributed by atoms with Crippen molar-refractivity contribution in [2.45, 2.75) is 19.0 Å². The summed E-state index contributed by atoms with van der Waals surface area (Å²) in [5.74, 6) is 0.882. The smallest absolute Gasteiger partial charge is 0.397 e. The van der Waals surface area contributed by atoms with Crippen LogP contribution >= 0.6 is 0 Å². The molecule has 0 amide bonds. The topological polar surface area (TPSA) is 66.7 Å². The van der Waals surface area contributed by atoms with Crippen molar-refractivity contribution in [3.63, 3.8) is 0 Å². The largest absolute Gasteiger partial charge is 0.416 e. The Hall–Kier alpha value is -2.18. The molecular weight excluding hydrogens is 269 g/mol. The van der Waals surface area contributed by atoms with Crippen LogP contribution in [0.25, 0.3) is 0 Å². The van der Waals surface area contributed by atoms with Crippen LogP contribution in [0.3, 0.4) is 0 Å². The first-order valence-electron chi connectivity index (χ1n) is 6.15. The Morgan fingerprint density at radius 3 is 2.70 bits per heavy atom. The van der Waals surface area contributed by atoms with Gasteiger partial charge >= 0.3 is 6.18 Å². The van der Waals surface area contributed by atoms with Crippen molar-refractivity contribution in [3.05, 3.63) is 42.0 Å². The Labute approximate surface area is 114 Å². The predicted octanol–water partition coefficient (Wildman–Crippen LogP) is 3.06. The van der Waals surface area contributed by atoms with Gasteiger partial charge in [0.05, 0.1) is 16.9 Å². The summed E-state index contributed by atoms with van der Waals surface area (Å²) >= 11 is 0. The number of nitrogen functional groups attached to an aromatic ring is 1. The molecule has 0 unspecified atom stereocenters. The number of hydrogen-bond acceptors (Lipinski definition) is 3. The Morgan fingerprint density at radius 2 is 2.10 bits per heavy atom. The van der Waals surface area contributed by atoms with E-state index in [4.69, 9.17) is 5.73 Å². The minimum atomic E-state index is -4.37. The number of aromatic nitrogens is 2. The van der Waals surface area contributed by atoms with Crippen molar-refractivity contribution in [1.29, 1.82) is 0 Å². The third-order valence-corrected chi connectivity index (χ3v) is 2.84. The van der Waals surface area contributed by atoms with Crippen LogP contribution in [0.2, 0.25) is 0 Å². The third-order valence-electron chi connectivity index (χ3n) is 2.84. The highest BCUT2D eigenvalue weighted by molar-refractivity contribution is 5.67. The molecule has 4 nitrogen and oxygen atoms in total. The first-order valence-corrected chi connectivity index (χ1v) is 6.15. The molecule has 0 aliphatic heterocycles. The van der Waals surface area contributed by atoms with E-state index < -0.39 is 11.7 Å². The molecular formula is C13H15F3N4. The number of hydrogen-bond donors (Lipinski definition) is 3. The van der Waals surface area contributed by atoms with Crippen molar-refractivity contribution in [2.75, 3.05) is 17.6 Å². The highest BCUT2D eigenvalue weighted by atomic mass is 19.4. The van der Waals surface area contributed by atoms with Gasteiger partial charge in [-0.2, -0.15) is 13.2 Å². The van der Waals surface area contributed by atoms with Gasteiger partial charge in [0.15, 0.2) is 0 Å². The number of nitrogens with zero attached hydrogens (tertiary/aromatic N) is 1.